The molecule has 2 aliphatic heterocycles. The smallest absolute Gasteiger partial charge is 0.423 e. The molecule has 0 unspecified atom stereocenters. The van der Waals surface area contributed by atoms with Crippen molar-refractivity contribution in [2.24, 2.45) is 0 Å². The minimum absolute atomic E-state index is 0. The molecule has 4 aromatic rings. The SMILES string of the molecule is Cl.O=C(NCCCCN1CCCCC1)Nc1ccc(-c2ccc(F)cc2)nc1.O=C(NCCCCN1CCCCC1)Nc1ccc(Br)nc1.OB(O)c1ccc(F)cc1. The van der Waals surface area contributed by atoms with Gasteiger partial charge in [0.25, 0.3) is 0 Å². The molecule has 17 heteroatoms. The number of urea groups is 2. The van der Waals surface area contributed by atoms with Crippen LogP contribution in [0.3, 0.4) is 0 Å². The summed E-state index contributed by atoms with van der Waals surface area (Å²) in [6.45, 7) is 8.57. The van der Waals surface area contributed by atoms with Gasteiger partial charge in [-0.2, -0.15) is 0 Å². The molecule has 59 heavy (non-hydrogen) atoms. The number of benzene rings is 2. The zero-order chi connectivity index (χ0) is 41.4. The number of hydrogen-bond donors (Lipinski definition) is 6. The number of unbranched alkanes of at least 4 members (excludes halogenated alkanes) is 2. The zero-order valence-electron chi connectivity index (χ0n) is 33.4. The number of nitrogens with zero attached hydrogens (tertiary/aromatic N) is 4. The van der Waals surface area contributed by atoms with E-state index in [9.17, 15) is 18.4 Å². The van der Waals surface area contributed by atoms with Crippen molar-refractivity contribution < 1.29 is 28.4 Å². The monoisotopic (exact) mass is 900 g/mol. The maximum atomic E-state index is 13.0. The molecular formula is C42H57BBrClF2N8O4. The number of nitrogens with one attached hydrogen (secondary N) is 4. The summed E-state index contributed by atoms with van der Waals surface area (Å²) in [4.78, 5) is 37.1. The van der Waals surface area contributed by atoms with Crippen molar-refractivity contribution in [1.29, 1.82) is 0 Å². The van der Waals surface area contributed by atoms with Crippen LogP contribution in [0, 0.1) is 11.6 Å². The van der Waals surface area contributed by atoms with Crippen LogP contribution in [0.2, 0.25) is 0 Å². The summed E-state index contributed by atoms with van der Waals surface area (Å²) in [5.41, 5.74) is 3.19. The highest BCUT2D eigenvalue weighted by Gasteiger charge is 2.11. The quantitative estimate of drug-likeness (QED) is 0.0434. The Kier molecular flexibility index (Phi) is 23.6. The van der Waals surface area contributed by atoms with Gasteiger partial charge in [0.1, 0.15) is 16.2 Å². The van der Waals surface area contributed by atoms with Crippen molar-refractivity contribution in [2.75, 3.05) is 63.0 Å². The summed E-state index contributed by atoms with van der Waals surface area (Å²) in [6, 6.07) is 18.0. The van der Waals surface area contributed by atoms with Crippen LogP contribution < -0.4 is 26.7 Å². The van der Waals surface area contributed by atoms with Gasteiger partial charge in [0, 0.05) is 18.7 Å². The zero-order valence-corrected chi connectivity index (χ0v) is 35.8. The molecule has 12 nitrogen and oxygen atoms in total. The summed E-state index contributed by atoms with van der Waals surface area (Å²) in [7, 11) is -1.51. The molecule has 0 radical (unpaired) electrons. The number of hydrogen-bond acceptors (Lipinski definition) is 8. The largest absolute Gasteiger partial charge is 0.488 e. The van der Waals surface area contributed by atoms with E-state index in [1.54, 1.807) is 36.7 Å². The van der Waals surface area contributed by atoms with E-state index in [2.05, 4.69) is 57.0 Å². The Bertz CT molecular complexity index is 1760. The summed E-state index contributed by atoms with van der Waals surface area (Å²) in [5, 5.41) is 28.4. The molecule has 2 saturated heterocycles. The van der Waals surface area contributed by atoms with Crippen molar-refractivity contribution in [3.63, 3.8) is 0 Å². The lowest BCUT2D eigenvalue weighted by Gasteiger charge is -2.26. The van der Waals surface area contributed by atoms with Crippen LogP contribution in [-0.2, 0) is 0 Å². The molecule has 0 spiro atoms. The van der Waals surface area contributed by atoms with E-state index in [-0.39, 0.29) is 36.1 Å². The van der Waals surface area contributed by atoms with E-state index in [1.165, 1.54) is 101 Å². The fourth-order valence-corrected chi connectivity index (χ4v) is 6.62. The Balaban J connectivity index is 0.000000258. The predicted octanol–water partition coefficient (Wildman–Crippen LogP) is 7.43. The standard InChI is InChI=1S/C21H27FN4O.C15H23BrN4O.C6H6BFO2.ClH/c22-18-8-6-17(7-9-18)20-11-10-19(16-24-20)25-21(27)23-12-2-5-15-26-13-3-1-4-14-26;16-14-7-6-13(12-18-14)19-15(21)17-8-2-5-11-20-9-3-1-4-10-20;8-6-3-1-5(2-4-6)7(9)10;/h6-11,16H,1-5,12-15H2,(H2,23,25,27);6-7,12H,1-5,8-11H2,(H2,17,19,21);1-4,9-10H;1H. The normalized spacial score (nSPS) is 13.9. The average Bonchev–Trinajstić information content (AvgIpc) is 3.23. The lowest BCUT2D eigenvalue weighted by atomic mass is 9.80. The van der Waals surface area contributed by atoms with Crippen LogP contribution in [-0.4, -0.2) is 101 Å². The highest BCUT2D eigenvalue weighted by molar-refractivity contribution is 9.10. The number of anilines is 2. The maximum Gasteiger partial charge on any atom is 0.488 e. The van der Waals surface area contributed by atoms with Crippen LogP contribution in [0.25, 0.3) is 11.3 Å². The number of carbonyl (C=O) groups is 2. The Morgan fingerprint density at radius 2 is 1.08 bits per heavy atom. The molecule has 2 fully saturated rings. The first-order valence-electron chi connectivity index (χ1n) is 20.1. The van der Waals surface area contributed by atoms with E-state index in [0.717, 1.165) is 54.6 Å². The summed E-state index contributed by atoms with van der Waals surface area (Å²) in [6.07, 6.45) is 15.5. The fourth-order valence-electron chi connectivity index (χ4n) is 6.39. The van der Waals surface area contributed by atoms with E-state index in [1.807, 2.05) is 12.1 Å². The summed E-state index contributed by atoms with van der Waals surface area (Å²) < 4.78 is 25.9. The number of rotatable bonds is 14. The summed E-state index contributed by atoms with van der Waals surface area (Å²) in [5.74, 6) is -0.658. The number of piperidine rings is 2. The molecule has 6 rings (SSSR count). The second kappa shape index (κ2) is 28.3. The van der Waals surface area contributed by atoms with Gasteiger partial charge in [-0.1, -0.05) is 25.0 Å². The third-order valence-corrected chi connectivity index (χ3v) is 10.1. The number of aromatic nitrogens is 2. The second-order valence-electron chi connectivity index (χ2n) is 14.2. The molecule has 2 aromatic carbocycles. The molecule has 4 amide bonds. The first-order valence-corrected chi connectivity index (χ1v) is 20.9. The van der Waals surface area contributed by atoms with Crippen molar-refractivity contribution in [3.05, 3.63) is 101 Å². The van der Waals surface area contributed by atoms with Gasteiger partial charge in [0.15, 0.2) is 0 Å². The first-order chi connectivity index (χ1) is 28.1. The lowest BCUT2D eigenvalue weighted by Crippen LogP contribution is -2.32. The first kappa shape index (κ1) is 49.2. The number of likely N-dealkylation sites (tertiary alicyclic amines) is 2. The van der Waals surface area contributed by atoms with Crippen molar-refractivity contribution in [3.8, 4) is 11.3 Å². The molecule has 6 N–H and O–H groups in total. The highest BCUT2D eigenvalue weighted by Crippen LogP contribution is 2.19. The van der Waals surface area contributed by atoms with Gasteiger partial charge in [0.2, 0.25) is 0 Å². The highest BCUT2D eigenvalue weighted by atomic mass is 79.9. The second-order valence-corrected chi connectivity index (χ2v) is 15.0. The average molecular weight is 902 g/mol. The van der Waals surface area contributed by atoms with Gasteiger partial charge in [0.05, 0.1) is 29.5 Å². The van der Waals surface area contributed by atoms with E-state index in [4.69, 9.17) is 10.0 Å². The third kappa shape index (κ3) is 20.6. The molecule has 2 aliphatic rings. The van der Waals surface area contributed by atoms with Crippen molar-refractivity contribution >= 4 is 64.4 Å². The molecule has 0 bridgehead atoms. The maximum absolute atomic E-state index is 13.0. The van der Waals surface area contributed by atoms with Crippen LogP contribution in [0.5, 0.6) is 0 Å². The molecule has 0 saturated carbocycles. The third-order valence-electron chi connectivity index (χ3n) is 9.59. The molecule has 2 aromatic heterocycles. The number of pyridine rings is 2. The van der Waals surface area contributed by atoms with Gasteiger partial charge in [-0.15, -0.1) is 12.4 Å². The Morgan fingerprint density at radius 1 is 0.627 bits per heavy atom. The lowest BCUT2D eigenvalue weighted by molar-refractivity contribution is 0.224. The summed E-state index contributed by atoms with van der Waals surface area (Å²) >= 11 is 3.26. The topological polar surface area (TPSA) is 155 Å². The fraction of sp³-hybridized carbons (Fsp3) is 0.429. The Hall–Kier alpha value is -4.19. The number of amides is 4. The van der Waals surface area contributed by atoms with Gasteiger partial charge in [-0.05, 0) is 173 Å². The minimum atomic E-state index is -1.51. The minimum Gasteiger partial charge on any atom is -0.423 e. The van der Waals surface area contributed by atoms with Crippen molar-refractivity contribution in [1.82, 2.24) is 30.4 Å². The number of carbonyl (C=O) groups excluding carboxylic acids is 2. The van der Waals surface area contributed by atoms with Gasteiger partial charge in [-0.25, -0.2) is 23.4 Å². The predicted molar refractivity (Wildman–Crippen MR) is 238 cm³/mol. The van der Waals surface area contributed by atoms with Crippen molar-refractivity contribution in [2.45, 2.75) is 64.2 Å². The van der Waals surface area contributed by atoms with Crippen LogP contribution in [0.15, 0.2) is 89.8 Å². The molecule has 0 aliphatic carbocycles. The van der Waals surface area contributed by atoms with Crippen LogP contribution >= 0.6 is 28.3 Å². The van der Waals surface area contributed by atoms with Gasteiger partial charge >= 0.3 is 19.2 Å². The molecule has 320 valence electrons. The number of halogens is 4. The van der Waals surface area contributed by atoms with E-state index < -0.39 is 7.12 Å². The van der Waals surface area contributed by atoms with Crippen LogP contribution in [0.4, 0.5) is 29.7 Å². The van der Waals surface area contributed by atoms with Crippen LogP contribution in [0.1, 0.15) is 64.2 Å². The van der Waals surface area contributed by atoms with Gasteiger partial charge < -0.3 is 41.1 Å². The Morgan fingerprint density at radius 3 is 1.51 bits per heavy atom. The molecule has 4 heterocycles. The Labute approximate surface area is 361 Å². The van der Waals surface area contributed by atoms with E-state index >= 15 is 0 Å². The van der Waals surface area contributed by atoms with Gasteiger partial charge in [-0.3, -0.25) is 4.98 Å². The van der Waals surface area contributed by atoms with E-state index in [0.29, 0.717) is 29.9 Å². The molecule has 0 atom stereocenters. The molecular weight excluding hydrogens is 845 g/mol.